The lowest BCUT2D eigenvalue weighted by Crippen LogP contribution is -2.23. The summed E-state index contributed by atoms with van der Waals surface area (Å²) in [4.78, 5) is 25.3. The van der Waals surface area contributed by atoms with Crippen LogP contribution < -0.4 is 22.2 Å². The van der Waals surface area contributed by atoms with Crippen molar-refractivity contribution in [3.8, 4) is 10.6 Å². The normalized spacial score (nSPS) is 10.4. The van der Waals surface area contributed by atoms with Gasteiger partial charge in [0.15, 0.2) is 11.3 Å². The van der Waals surface area contributed by atoms with Crippen molar-refractivity contribution in [3.63, 3.8) is 0 Å². The number of anilines is 3. The lowest BCUT2D eigenvalue weighted by atomic mass is 10.2. The lowest BCUT2D eigenvalue weighted by Gasteiger charge is -2.10. The zero-order valence-corrected chi connectivity index (χ0v) is 13.1. The Labute approximate surface area is 140 Å². The molecule has 0 radical (unpaired) electrons. The third-order valence-corrected chi connectivity index (χ3v) is 4.16. The third-order valence-electron chi connectivity index (χ3n) is 3.27. The molecule has 0 unspecified atom stereocenters. The molecule has 24 heavy (non-hydrogen) atoms. The number of hydrogen-bond acceptors (Lipinski definition) is 7. The molecule has 3 rings (SSSR count). The number of hydrogen-bond donors (Lipinski definition) is 4. The number of nitrogens with one attached hydrogen (secondary N) is 2. The van der Waals surface area contributed by atoms with Crippen molar-refractivity contribution in [3.05, 3.63) is 63.8 Å². The Kier molecular flexibility index (Phi) is 4.32. The number of para-hydroxylation sites is 2. The predicted molar refractivity (Wildman–Crippen MR) is 92.5 cm³/mol. The summed E-state index contributed by atoms with van der Waals surface area (Å²) < 4.78 is 5.20. The van der Waals surface area contributed by atoms with Crippen LogP contribution in [0.5, 0.6) is 0 Å². The van der Waals surface area contributed by atoms with Gasteiger partial charge in [-0.3, -0.25) is 15.5 Å². The predicted octanol–water partition coefficient (Wildman–Crippen LogP) is 3.00. The van der Waals surface area contributed by atoms with Gasteiger partial charge in [-0.15, -0.1) is 11.3 Å². The van der Waals surface area contributed by atoms with E-state index < -0.39 is 11.5 Å². The van der Waals surface area contributed by atoms with Crippen molar-refractivity contribution in [2.24, 2.45) is 0 Å². The van der Waals surface area contributed by atoms with E-state index in [2.05, 4.69) is 5.32 Å². The van der Waals surface area contributed by atoms with Crippen molar-refractivity contribution >= 4 is 34.3 Å². The van der Waals surface area contributed by atoms with E-state index in [1.54, 1.807) is 36.4 Å². The Hall–Kier alpha value is -3.10. The van der Waals surface area contributed by atoms with Crippen molar-refractivity contribution in [2.45, 2.75) is 0 Å². The topological polar surface area (TPSA) is 118 Å². The second-order valence-corrected chi connectivity index (χ2v) is 5.76. The molecule has 0 bridgehead atoms. The first kappa shape index (κ1) is 15.8. The summed E-state index contributed by atoms with van der Waals surface area (Å²) in [5, 5.41) is 13.6. The number of rotatable bonds is 4. The minimum atomic E-state index is -0.871. The van der Waals surface area contributed by atoms with Crippen LogP contribution in [0.3, 0.4) is 0 Å². The van der Waals surface area contributed by atoms with Gasteiger partial charge in [0.2, 0.25) is 0 Å². The van der Waals surface area contributed by atoms with Crippen LogP contribution in [0.25, 0.3) is 10.6 Å². The first-order valence-electron chi connectivity index (χ1n) is 6.88. The minimum Gasteiger partial charge on any atom is -0.421 e. The van der Waals surface area contributed by atoms with Crippen LogP contribution in [0.2, 0.25) is 0 Å². The molecular weight excluding hydrogens is 330 g/mol. The zero-order chi connectivity index (χ0) is 17.1. The van der Waals surface area contributed by atoms with Gasteiger partial charge in [0.1, 0.15) is 0 Å². The first-order chi connectivity index (χ1) is 11.6. The van der Waals surface area contributed by atoms with E-state index >= 15 is 0 Å². The average molecular weight is 343 g/mol. The smallest absolute Gasteiger partial charge is 0.351 e. The average Bonchev–Trinajstić information content (AvgIpc) is 3.10. The summed E-state index contributed by atoms with van der Waals surface area (Å²) in [5.74, 6) is -0.488. The van der Waals surface area contributed by atoms with E-state index in [0.29, 0.717) is 16.3 Å². The lowest BCUT2D eigenvalue weighted by molar-refractivity contribution is 0.102. The van der Waals surface area contributed by atoms with E-state index in [4.69, 9.17) is 10.2 Å². The fourth-order valence-corrected chi connectivity index (χ4v) is 2.81. The van der Waals surface area contributed by atoms with Gasteiger partial charge in [0.05, 0.1) is 21.9 Å². The van der Waals surface area contributed by atoms with Gasteiger partial charge in [-0.2, -0.15) is 0 Å². The molecule has 2 aromatic heterocycles. The molecule has 1 aromatic carbocycles. The van der Waals surface area contributed by atoms with E-state index in [1.165, 1.54) is 17.4 Å². The Bertz CT molecular complexity index is 935. The van der Waals surface area contributed by atoms with Crippen LogP contribution in [0, 0.1) is 0 Å². The fraction of sp³-hybridized carbons (Fsp3) is 0. The second-order valence-electron chi connectivity index (χ2n) is 4.82. The molecule has 0 atom stereocenters. The number of nitrogens with two attached hydrogens (primary N) is 1. The van der Waals surface area contributed by atoms with Crippen molar-refractivity contribution < 1.29 is 14.4 Å². The van der Waals surface area contributed by atoms with E-state index in [-0.39, 0.29) is 17.0 Å². The Morgan fingerprint density at radius 3 is 2.62 bits per heavy atom. The van der Waals surface area contributed by atoms with E-state index in [1.807, 2.05) is 10.9 Å². The van der Waals surface area contributed by atoms with Gasteiger partial charge in [-0.1, -0.05) is 18.2 Å². The highest BCUT2D eigenvalue weighted by molar-refractivity contribution is 7.13. The minimum absolute atomic E-state index is 0.0540. The van der Waals surface area contributed by atoms with Crippen molar-refractivity contribution in [1.29, 1.82) is 0 Å². The maximum Gasteiger partial charge on any atom is 0.351 e. The highest BCUT2D eigenvalue weighted by Gasteiger charge is 2.20. The van der Waals surface area contributed by atoms with Crippen LogP contribution in [0.4, 0.5) is 17.1 Å². The molecule has 0 aliphatic heterocycles. The van der Waals surface area contributed by atoms with E-state index in [0.717, 1.165) is 0 Å². The maximum absolute atomic E-state index is 12.4. The van der Waals surface area contributed by atoms with Gasteiger partial charge in [-0.25, -0.2) is 4.79 Å². The monoisotopic (exact) mass is 343 g/mol. The molecule has 0 aliphatic rings. The number of carbonyl (C=O) groups excluding carboxylic acids is 1. The van der Waals surface area contributed by atoms with Crippen LogP contribution in [0.1, 0.15) is 10.4 Å². The molecule has 1 amide bonds. The van der Waals surface area contributed by atoms with Crippen LogP contribution >= 0.6 is 11.3 Å². The molecule has 3 aromatic rings. The fourth-order valence-electron chi connectivity index (χ4n) is 2.13. The third kappa shape index (κ3) is 3.00. The summed E-state index contributed by atoms with van der Waals surface area (Å²) in [6.07, 6.45) is 0. The van der Waals surface area contributed by atoms with Gasteiger partial charge in [0.25, 0.3) is 5.91 Å². The van der Waals surface area contributed by atoms with Crippen LogP contribution in [0.15, 0.2) is 57.1 Å². The number of thiophene rings is 1. The number of amides is 1. The summed E-state index contributed by atoms with van der Waals surface area (Å²) in [7, 11) is 0. The molecule has 0 saturated carbocycles. The van der Waals surface area contributed by atoms with Crippen LogP contribution in [-0.4, -0.2) is 11.1 Å². The number of benzene rings is 1. The molecule has 122 valence electrons. The second kappa shape index (κ2) is 6.57. The Balaban J connectivity index is 2.00. The zero-order valence-electron chi connectivity index (χ0n) is 12.3. The quantitative estimate of drug-likeness (QED) is 0.427. The molecule has 0 aliphatic carbocycles. The number of nitrogen functional groups attached to an aromatic ring is 1. The highest BCUT2D eigenvalue weighted by atomic mass is 32.1. The Morgan fingerprint density at radius 2 is 1.96 bits per heavy atom. The SMILES string of the molecule is Nc1ccccc1NC(=O)c1c(NO)cc(-c2cccs2)oc1=O. The molecule has 2 heterocycles. The first-order valence-corrected chi connectivity index (χ1v) is 7.76. The standard InChI is InChI=1S/C16H13N3O4S/c17-9-4-1-2-5-10(9)18-15(20)14-11(19-22)8-12(23-16(14)21)13-6-3-7-24-13/h1-8,19,22H,17H2,(H,18,20). The molecule has 0 fully saturated rings. The molecule has 5 N–H and O–H groups in total. The van der Waals surface area contributed by atoms with E-state index in [9.17, 15) is 14.8 Å². The van der Waals surface area contributed by atoms with Crippen molar-refractivity contribution in [1.82, 2.24) is 0 Å². The van der Waals surface area contributed by atoms with Gasteiger partial charge < -0.3 is 15.5 Å². The molecular formula is C16H13N3O4S. The molecule has 0 saturated heterocycles. The van der Waals surface area contributed by atoms with Crippen molar-refractivity contribution in [2.75, 3.05) is 16.5 Å². The molecule has 8 heteroatoms. The summed E-state index contributed by atoms with van der Waals surface area (Å²) in [6, 6.07) is 11.6. The Morgan fingerprint density at radius 1 is 1.17 bits per heavy atom. The van der Waals surface area contributed by atoms with Gasteiger partial charge in [0, 0.05) is 6.07 Å². The summed E-state index contributed by atoms with van der Waals surface area (Å²) in [5.41, 5.74) is 7.07. The maximum atomic E-state index is 12.4. The molecule has 0 spiro atoms. The van der Waals surface area contributed by atoms with Gasteiger partial charge in [-0.05, 0) is 23.6 Å². The molecule has 7 nitrogen and oxygen atoms in total. The van der Waals surface area contributed by atoms with Crippen LogP contribution in [-0.2, 0) is 0 Å². The highest BCUT2D eigenvalue weighted by Crippen LogP contribution is 2.27. The number of carbonyl (C=O) groups is 1. The largest absolute Gasteiger partial charge is 0.421 e. The summed E-state index contributed by atoms with van der Waals surface area (Å²) in [6.45, 7) is 0. The van der Waals surface area contributed by atoms with Gasteiger partial charge >= 0.3 is 5.63 Å². The summed E-state index contributed by atoms with van der Waals surface area (Å²) >= 11 is 1.36.